The largest absolute Gasteiger partial charge is 0.490 e. The van der Waals surface area contributed by atoms with E-state index in [0.29, 0.717) is 15.2 Å². The summed E-state index contributed by atoms with van der Waals surface area (Å²) in [7, 11) is 0. The number of carboxylic acid groups (broad SMARTS) is 1. The Bertz CT molecular complexity index is 372. The molecular weight excluding hydrogens is 285 g/mol. The van der Waals surface area contributed by atoms with E-state index in [4.69, 9.17) is 27.2 Å². The highest BCUT2D eigenvalue weighted by Crippen LogP contribution is 2.27. The first-order valence-corrected chi connectivity index (χ1v) is 5.24. The van der Waals surface area contributed by atoms with Gasteiger partial charge < -0.3 is 15.6 Å². The summed E-state index contributed by atoms with van der Waals surface area (Å²) in [4.78, 5) is 10.4. The minimum atomic E-state index is -1.10. The molecule has 0 aliphatic rings. The first-order chi connectivity index (χ1) is 7.00. The van der Waals surface area contributed by atoms with Crippen LogP contribution < -0.4 is 10.5 Å². The van der Waals surface area contributed by atoms with Crippen LogP contribution in [0, 0.1) is 0 Å². The highest BCUT2D eigenvalue weighted by molar-refractivity contribution is 9.10. The van der Waals surface area contributed by atoms with Crippen molar-refractivity contribution in [1.82, 2.24) is 0 Å². The molecule has 0 saturated heterocycles. The number of aliphatic carboxylic acids is 1. The molecule has 3 N–H and O–H groups in total. The molecule has 82 valence electrons. The lowest BCUT2D eigenvalue weighted by Crippen LogP contribution is -2.36. The first-order valence-electron chi connectivity index (χ1n) is 4.07. The van der Waals surface area contributed by atoms with E-state index in [1.807, 2.05) is 0 Å². The van der Waals surface area contributed by atoms with E-state index in [-0.39, 0.29) is 6.61 Å². The van der Waals surface area contributed by atoms with Gasteiger partial charge in [-0.15, -0.1) is 0 Å². The molecular formula is C9H9BrClNO3. The van der Waals surface area contributed by atoms with Gasteiger partial charge in [0, 0.05) is 5.02 Å². The quantitative estimate of drug-likeness (QED) is 0.889. The van der Waals surface area contributed by atoms with Crippen LogP contribution >= 0.6 is 27.5 Å². The fourth-order valence-corrected chi connectivity index (χ4v) is 1.64. The summed E-state index contributed by atoms with van der Waals surface area (Å²) in [5.74, 6) is -0.587. The van der Waals surface area contributed by atoms with E-state index in [1.54, 1.807) is 18.2 Å². The van der Waals surface area contributed by atoms with E-state index in [1.165, 1.54) is 0 Å². The Morgan fingerprint density at radius 2 is 2.33 bits per heavy atom. The van der Waals surface area contributed by atoms with Gasteiger partial charge in [-0.1, -0.05) is 11.6 Å². The lowest BCUT2D eigenvalue weighted by molar-refractivity contribution is -0.139. The summed E-state index contributed by atoms with van der Waals surface area (Å²) >= 11 is 8.96. The van der Waals surface area contributed by atoms with Gasteiger partial charge in [-0.25, -0.2) is 0 Å². The molecule has 0 fully saturated rings. The topological polar surface area (TPSA) is 72.5 Å². The Balaban J connectivity index is 2.62. The Labute approximate surface area is 100 Å². The summed E-state index contributed by atoms with van der Waals surface area (Å²) < 4.78 is 5.86. The van der Waals surface area contributed by atoms with E-state index < -0.39 is 12.0 Å². The van der Waals surface area contributed by atoms with Crippen molar-refractivity contribution >= 4 is 33.5 Å². The highest BCUT2D eigenvalue weighted by Gasteiger charge is 2.12. The molecule has 0 amide bonds. The van der Waals surface area contributed by atoms with Gasteiger partial charge in [0.2, 0.25) is 0 Å². The minimum absolute atomic E-state index is 0.0877. The van der Waals surface area contributed by atoms with Gasteiger partial charge in [0.15, 0.2) is 0 Å². The molecule has 0 aliphatic carbocycles. The Kier molecular flexibility index (Phi) is 4.38. The number of halogens is 2. The molecule has 4 nitrogen and oxygen atoms in total. The predicted molar refractivity (Wildman–Crippen MR) is 60.3 cm³/mol. The van der Waals surface area contributed by atoms with Crippen LogP contribution in [0.5, 0.6) is 5.75 Å². The molecule has 1 atom stereocenters. The Morgan fingerprint density at radius 1 is 1.67 bits per heavy atom. The molecule has 0 heterocycles. The second-order valence-corrected chi connectivity index (χ2v) is 4.12. The van der Waals surface area contributed by atoms with E-state index >= 15 is 0 Å². The van der Waals surface area contributed by atoms with Crippen molar-refractivity contribution < 1.29 is 14.6 Å². The van der Waals surface area contributed by atoms with Crippen molar-refractivity contribution in [3.05, 3.63) is 27.7 Å². The SMILES string of the molecule is NC(COc1ccc(Cl)cc1Br)C(=O)O. The summed E-state index contributed by atoms with van der Waals surface area (Å²) in [6.45, 7) is -0.0877. The van der Waals surface area contributed by atoms with Crippen LogP contribution in [0.25, 0.3) is 0 Å². The average molecular weight is 295 g/mol. The third-order valence-electron chi connectivity index (χ3n) is 1.63. The van der Waals surface area contributed by atoms with Gasteiger partial charge in [-0.05, 0) is 34.1 Å². The maximum Gasteiger partial charge on any atom is 0.324 e. The van der Waals surface area contributed by atoms with Crippen molar-refractivity contribution in [2.45, 2.75) is 6.04 Å². The van der Waals surface area contributed by atoms with Gasteiger partial charge in [-0.3, -0.25) is 4.79 Å². The maximum absolute atomic E-state index is 10.4. The number of hydrogen-bond acceptors (Lipinski definition) is 3. The smallest absolute Gasteiger partial charge is 0.324 e. The van der Waals surface area contributed by atoms with E-state index in [0.717, 1.165) is 0 Å². The van der Waals surface area contributed by atoms with Crippen molar-refractivity contribution in [2.24, 2.45) is 5.73 Å². The Hall–Kier alpha value is -0.780. The summed E-state index contributed by atoms with van der Waals surface area (Å²) in [6.07, 6.45) is 0. The summed E-state index contributed by atoms with van der Waals surface area (Å²) in [5.41, 5.74) is 5.28. The minimum Gasteiger partial charge on any atom is -0.490 e. The number of carboxylic acids is 1. The number of carbonyl (C=O) groups is 1. The van der Waals surface area contributed by atoms with Crippen LogP contribution in [0.4, 0.5) is 0 Å². The number of ether oxygens (including phenoxy) is 1. The van der Waals surface area contributed by atoms with Gasteiger partial charge in [0.25, 0.3) is 0 Å². The first kappa shape index (κ1) is 12.3. The monoisotopic (exact) mass is 293 g/mol. The van der Waals surface area contributed by atoms with Gasteiger partial charge in [-0.2, -0.15) is 0 Å². The van der Waals surface area contributed by atoms with Gasteiger partial charge >= 0.3 is 5.97 Å². The number of benzene rings is 1. The van der Waals surface area contributed by atoms with Crippen LogP contribution in [0.15, 0.2) is 22.7 Å². The zero-order valence-corrected chi connectivity index (χ0v) is 9.96. The Morgan fingerprint density at radius 3 is 2.87 bits per heavy atom. The van der Waals surface area contributed by atoms with Crippen molar-refractivity contribution in [3.63, 3.8) is 0 Å². The fourth-order valence-electron chi connectivity index (χ4n) is 0.843. The third kappa shape index (κ3) is 3.70. The van der Waals surface area contributed by atoms with Crippen LogP contribution in [0.1, 0.15) is 0 Å². The second kappa shape index (κ2) is 5.34. The molecule has 0 spiro atoms. The molecule has 0 bridgehead atoms. The van der Waals surface area contributed by atoms with Crippen LogP contribution in [-0.4, -0.2) is 23.7 Å². The molecule has 15 heavy (non-hydrogen) atoms. The number of nitrogens with two attached hydrogens (primary N) is 1. The van der Waals surface area contributed by atoms with Crippen LogP contribution in [0.2, 0.25) is 5.02 Å². The van der Waals surface area contributed by atoms with Crippen LogP contribution in [-0.2, 0) is 4.79 Å². The lowest BCUT2D eigenvalue weighted by Gasteiger charge is -2.10. The zero-order chi connectivity index (χ0) is 11.4. The van der Waals surface area contributed by atoms with Gasteiger partial charge in [0.05, 0.1) is 4.47 Å². The standard InChI is InChI=1S/C9H9BrClNO3/c10-6-3-5(11)1-2-8(6)15-4-7(12)9(13)14/h1-3,7H,4,12H2,(H,13,14). The van der Waals surface area contributed by atoms with Crippen molar-refractivity contribution in [2.75, 3.05) is 6.61 Å². The molecule has 6 heteroatoms. The summed E-state index contributed by atoms with van der Waals surface area (Å²) in [5, 5.41) is 9.10. The molecule has 0 radical (unpaired) electrons. The number of hydrogen-bond donors (Lipinski definition) is 2. The number of rotatable bonds is 4. The normalized spacial score (nSPS) is 12.2. The molecule has 0 aliphatic heterocycles. The maximum atomic E-state index is 10.4. The average Bonchev–Trinajstić information content (AvgIpc) is 2.15. The van der Waals surface area contributed by atoms with Gasteiger partial charge in [0.1, 0.15) is 18.4 Å². The molecule has 1 rings (SSSR count). The highest BCUT2D eigenvalue weighted by atomic mass is 79.9. The predicted octanol–water partition coefficient (Wildman–Crippen LogP) is 1.89. The molecule has 1 aromatic rings. The third-order valence-corrected chi connectivity index (χ3v) is 2.48. The zero-order valence-electron chi connectivity index (χ0n) is 7.61. The van der Waals surface area contributed by atoms with E-state index in [9.17, 15) is 4.79 Å². The lowest BCUT2D eigenvalue weighted by atomic mass is 10.3. The summed E-state index contributed by atoms with van der Waals surface area (Å²) in [6, 6.07) is 3.91. The fraction of sp³-hybridized carbons (Fsp3) is 0.222. The molecule has 1 aromatic carbocycles. The van der Waals surface area contributed by atoms with E-state index in [2.05, 4.69) is 15.9 Å². The molecule has 0 aromatic heterocycles. The molecule has 1 unspecified atom stereocenters. The molecule has 0 saturated carbocycles. The second-order valence-electron chi connectivity index (χ2n) is 2.83. The van der Waals surface area contributed by atoms with Crippen molar-refractivity contribution in [3.8, 4) is 5.75 Å². The van der Waals surface area contributed by atoms with Crippen LogP contribution in [0.3, 0.4) is 0 Å². The van der Waals surface area contributed by atoms with Crippen molar-refractivity contribution in [1.29, 1.82) is 0 Å².